The molecule has 1 aliphatic carbocycles. The number of hydrogen-bond donors (Lipinski definition) is 1. The van der Waals surface area contributed by atoms with Crippen molar-refractivity contribution in [2.75, 3.05) is 6.54 Å². The first-order valence-corrected chi connectivity index (χ1v) is 6.61. The quantitative estimate of drug-likeness (QED) is 0.767. The van der Waals surface area contributed by atoms with E-state index < -0.39 is 0 Å². The van der Waals surface area contributed by atoms with E-state index in [4.69, 9.17) is 0 Å². The zero-order valence-corrected chi connectivity index (χ0v) is 10.4. The smallest absolute Gasteiger partial charge is 0.126 e. The lowest BCUT2D eigenvalue weighted by atomic mass is 10.1. The van der Waals surface area contributed by atoms with Crippen molar-refractivity contribution in [2.24, 2.45) is 5.92 Å². The van der Waals surface area contributed by atoms with Crippen LogP contribution in [-0.2, 0) is 6.54 Å². The molecule has 90 valence electrons. The molecule has 0 aliphatic heterocycles. The first kappa shape index (κ1) is 11.6. The van der Waals surface area contributed by atoms with Crippen molar-refractivity contribution in [1.82, 2.24) is 14.9 Å². The molecule has 1 atom stereocenters. The number of aromatic nitrogens is 2. The van der Waals surface area contributed by atoms with Crippen molar-refractivity contribution in [3.63, 3.8) is 0 Å². The molecule has 2 rings (SSSR count). The Bertz CT molecular complexity index is 315. The standard InChI is InChI=1S/C13H23N3/c1-3-7-14-12(11-5-6-11)13-15-8-10-16(13)9-4-2/h8,10-12,14H,3-7,9H2,1-2H3. The summed E-state index contributed by atoms with van der Waals surface area (Å²) in [4.78, 5) is 4.55. The molecule has 1 N–H and O–H groups in total. The van der Waals surface area contributed by atoms with Crippen molar-refractivity contribution in [3.05, 3.63) is 18.2 Å². The second-order valence-corrected chi connectivity index (χ2v) is 4.75. The van der Waals surface area contributed by atoms with Crippen LogP contribution in [0.25, 0.3) is 0 Å². The summed E-state index contributed by atoms with van der Waals surface area (Å²) < 4.78 is 2.31. The first-order valence-electron chi connectivity index (χ1n) is 6.61. The third-order valence-corrected chi connectivity index (χ3v) is 3.20. The van der Waals surface area contributed by atoms with Crippen LogP contribution >= 0.6 is 0 Å². The minimum Gasteiger partial charge on any atom is -0.334 e. The van der Waals surface area contributed by atoms with Gasteiger partial charge in [0.2, 0.25) is 0 Å². The fourth-order valence-corrected chi connectivity index (χ4v) is 2.23. The van der Waals surface area contributed by atoms with Crippen LogP contribution in [0.4, 0.5) is 0 Å². The van der Waals surface area contributed by atoms with Crippen LogP contribution in [0.3, 0.4) is 0 Å². The first-order chi connectivity index (χ1) is 7.86. The zero-order chi connectivity index (χ0) is 11.4. The average molecular weight is 221 g/mol. The van der Waals surface area contributed by atoms with E-state index in [1.165, 1.54) is 31.5 Å². The average Bonchev–Trinajstić information content (AvgIpc) is 3.02. The number of hydrogen-bond acceptors (Lipinski definition) is 2. The van der Waals surface area contributed by atoms with Crippen molar-refractivity contribution < 1.29 is 0 Å². The van der Waals surface area contributed by atoms with E-state index in [0.717, 1.165) is 19.0 Å². The third kappa shape index (κ3) is 2.64. The molecular weight excluding hydrogens is 198 g/mol. The Morgan fingerprint density at radius 2 is 2.25 bits per heavy atom. The summed E-state index contributed by atoms with van der Waals surface area (Å²) >= 11 is 0. The van der Waals surface area contributed by atoms with Crippen LogP contribution < -0.4 is 5.32 Å². The number of rotatable bonds is 7. The summed E-state index contributed by atoms with van der Waals surface area (Å²) in [6, 6.07) is 0.487. The van der Waals surface area contributed by atoms with E-state index in [1.54, 1.807) is 0 Å². The Labute approximate surface area is 98.3 Å². The Kier molecular flexibility index (Phi) is 3.99. The van der Waals surface area contributed by atoms with E-state index >= 15 is 0 Å². The van der Waals surface area contributed by atoms with Gasteiger partial charge in [-0.2, -0.15) is 0 Å². The van der Waals surface area contributed by atoms with E-state index in [1.807, 2.05) is 6.20 Å². The summed E-state index contributed by atoms with van der Waals surface area (Å²) in [5, 5.41) is 3.65. The fourth-order valence-electron chi connectivity index (χ4n) is 2.23. The molecule has 1 aromatic heterocycles. The number of aryl methyl sites for hydroxylation is 1. The Morgan fingerprint density at radius 1 is 1.44 bits per heavy atom. The van der Waals surface area contributed by atoms with Crippen molar-refractivity contribution in [1.29, 1.82) is 0 Å². The topological polar surface area (TPSA) is 29.9 Å². The Balaban J connectivity index is 2.07. The highest BCUT2D eigenvalue weighted by Crippen LogP contribution is 2.40. The second kappa shape index (κ2) is 5.48. The lowest BCUT2D eigenvalue weighted by Crippen LogP contribution is -2.26. The van der Waals surface area contributed by atoms with Crippen LogP contribution in [0.15, 0.2) is 12.4 Å². The maximum absolute atomic E-state index is 4.55. The summed E-state index contributed by atoms with van der Waals surface area (Å²) in [5.41, 5.74) is 0. The molecular formula is C13H23N3. The molecule has 1 aliphatic rings. The molecule has 0 bridgehead atoms. The van der Waals surface area contributed by atoms with Crippen molar-refractivity contribution in [2.45, 2.75) is 52.1 Å². The number of imidazole rings is 1. The van der Waals surface area contributed by atoms with Gasteiger partial charge in [0.15, 0.2) is 0 Å². The highest BCUT2D eigenvalue weighted by Gasteiger charge is 2.34. The van der Waals surface area contributed by atoms with Gasteiger partial charge in [-0.05, 0) is 38.1 Å². The third-order valence-electron chi connectivity index (χ3n) is 3.20. The van der Waals surface area contributed by atoms with Crippen LogP contribution in [0.1, 0.15) is 51.4 Å². The predicted molar refractivity (Wildman–Crippen MR) is 66.3 cm³/mol. The van der Waals surface area contributed by atoms with E-state index in [2.05, 4.69) is 34.9 Å². The van der Waals surface area contributed by atoms with Gasteiger partial charge in [0.05, 0.1) is 6.04 Å². The molecule has 1 aromatic rings. The molecule has 1 heterocycles. The van der Waals surface area contributed by atoms with Crippen LogP contribution in [0, 0.1) is 5.92 Å². The summed E-state index contributed by atoms with van der Waals surface area (Å²) in [7, 11) is 0. The van der Waals surface area contributed by atoms with E-state index in [9.17, 15) is 0 Å². The predicted octanol–water partition coefficient (Wildman–Crippen LogP) is 2.74. The largest absolute Gasteiger partial charge is 0.334 e. The highest BCUT2D eigenvalue weighted by atomic mass is 15.1. The van der Waals surface area contributed by atoms with Crippen LogP contribution in [0.2, 0.25) is 0 Å². The van der Waals surface area contributed by atoms with E-state index in [0.29, 0.717) is 6.04 Å². The van der Waals surface area contributed by atoms with Gasteiger partial charge in [0, 0.05) is 18.9 Å². The maximum Gasteiger partial charge on any atom is 0.126 e. The van der Waals surface area contributed by atoms with Crippen LogP contribution in [0.5, 0.6) is 0 Å². The molecule has 1 fully saturated rings. The van der Waals surface area contributed by atoms with E-state index in [-0.39, 0.29) is 0 Å². The van der Waals surface area contributed by atoms with Gasteiger partial charge < -0.3 is 9.88 Å². The van der Waals surface area contributed by atoms with Gasteiger partial charge in [0.25, 0.3) is 0 Å². The zero-order valence-electron chi connectivity index (χ0n) is 10.4. The minimum atomic E-state index is 0.487. The molecule has 3 nitrogen and oxygen atoms in total. The normalized spacial score (nSPS) is 17.6. The van der Waals surface area contributed by atoms with Crippen molar-refractivity contribution >= 4 is 0 Å². The summed E-state index contributed by atoms with van der Waals surface area (Å²) in [6.45, 7) is 6.62. The van der Waals surface area contributed by atoms with Gasteiger partial charge in [-0.3, -0.25) is 0 Å². The van der Waals surface area contributed by atoms with Gasteiger partial charge in [-0.25, -0.2) is 4.98 Å². The van der Waals surface area contributed by atoms with Gasteiger partial charge in [-0.1, -0.05) is 13.8 Å². The van der Waals surface area contributed by atoms with Gasteiger partial charge in [0.1, 0.15) is 5.82 Å². The summed E-state index contributed by atoms with van der Waals surface area (Å²) in [6.07, 6.45) is 9.14. The highest BCUT2D eigenvalue weighted by molar-refractivity contribution is 5.05. The molecule has 3 heteroatoms. The molecule has 0 spiro atoms. The molecule has 1 saturated carbocycles. The molecule has 0 radical (unpaired) electrons. The summed E-state index contributed by atoms with van der Waals surface area (Å²) in [5.74, 6) is 2.07. The Morgan fingerprint density at radius 3 is 2.88 bits per heavy atom. The molecule has 1 unspecified atom stereocenters. The molecule has 0 amide bonds. The van der Waals surface area contributed by atoms with Gasteiger partial charge in [-0.15, -0.1) is 0 Å². The van der Waals surface area contributed by atoms with Crippen molar-refractivity contribution in [3.8, 4) is 0 Å². The monoisotopic (exact) mass is 221 g/mol. The molecule has 0 aromatic carbocycles. The number of nitrogens with one attached hydrogen (secondary N) is 1. The van der Waals surface area contributed by atoms with Gasteiger partial charge >= 0.3 is 0 Å². The lowest BCUT2D eigenvalue weighted by molar-refractivity contribution is 0.436. The maximum atomic E-state index is 4.55. The number of nitrogens with zero attached hydrogens (tertiary/aromatic N) is 2. The second-order valence-electron chi connectivity index (χ2n) is 4.75. The fraction of sp³-hybridized carbons (Fsp3) is 0.769. The Hall–Kier alpha value is -0.830. The van der Waals surface area contributed by atoms with Crippen LogP contribution in [-0.4, -0.2) is 16.1 Å². The lowest BCUT2D eigenvalue weighted by Gasteiger charge is -2.19. The SMILES string of the molecule is CCCNC(c1nccn1CCC)C1CC1. The molecule has 0 saturated heterocycles. The molecule has 16 heavy (non-hydrogen) atoms. The minimum absolute atomic E-state index is 0.487.